The third-order valence-corrected chi connectivity index (χ3v) is 17.2. The summed E-state index contributed by atoms with van der Waals surface area (Å²) in [6, 6.07) is 12.4. The zero-order valence-corrected chi connectivity index (χ0v) is 45.1. The van der Waals surface area contributed by atoms with E-state index in [2.05, 4.69) is 35.3 Å². The van der Waals surface area contributed by atoms with E-state index < -0.39 is 23.9 Å². The molecule has 19 nitrogen and oxygen atoms in total. The monoisotopic (exact) mass is 1070 g/mol. The van der Waals surface area contributed by atoms with Crippen LogP contribution in [0.5, 0.6) is 5.75 Å². The normalized spacial score (nSPS) is 20.3. The highest BCUT2D eigenvalue weighted by Gasteiger charge is 2.44. The Morgan fingerprint density at radius 3 is 2.30 bits per heavy atom. The van der Waals surface area contributed by atoms with Crippen LogP contribution in [0.4, 0.5) is 27.7 Å². The first kappa shape index (κ1) is 53.3. The molecule has 0 saturated carbocycles. The Kier molecular flexibility index (Phi) is 15.8. The van der Waals surface area contributed by atoms with Crippen LogP contribution < -0.4 is 32.3 Å². The molecule has 0 spiro atoms. The van der Waals surface area contributed by atoms with Gasteiger partial charge in [-0.15, -0.1) is 11.3 Å². The van der Waals surface area contributed by atoms with Crippen molar-refractivity contribution in [3.8, 4) is 16.2 Å². The Hall–Kier alpha value is -7.10. The van der Waals surface area contributed by atoms with E-state index in [1.165, 1.54) is 22.6 Å². The van der Waals surface area contributed by atoms with Gasteiger partial charge in [0.25, 0.3) is 0 Å². The number of likely N-dealkylation sites (tertiary alicyclic amines) is 2. The summed E-state index contributed by atoms with van der Waals surface area (Å²) in [5.74, 6) is 1.01. The second-order valence-electron chi connectivity index (χ2n) is 21.8. The number of piperidine rings is 3. The minimum Gasteiger partial charge on any atom is -0.507 e. The number of hydrogen-bond donors (Lipinski definition) is 6. The number of aliphatic hydroxyl groups is 1. The first-order valence-electron chi connectivity index (χ1n) is 27.0. The van der Waals surface area contributed by atoms with Crippen LogP contribution in [-0.4, -0.2) is 126 Å². The second-order valence-corrected chi connectivity index (χ2v) is 22.6. The first-order valence-corrected chi connectivity index (χ1v) is 27.9. The van der Waals surface area contributed by atoms with Crippen LogP contribution in [0.1, 0.15) is 123 Å². The molecular weight excluding hydrogens is 1000 g/mol. The van der Waals surface area contributed by atoms with Crippen molar-refractivity contribution in [2.45, 2.75) is 109 Å². The number of aromatic nitrogens is 6. The van der Waals surface area contributed by atoms with Gasteiger partial charge < -0.3 is 56.9 Å². The van der Waals surface area contributed by atoms with Crippen LogP contribution in [0.25, 0.3) is 22.2 Å². The van der Waals surface area contributed by atoms with Gasteiger partial charge in [-0.3, -0.25) is 14.3 Å². The summed E-state index contributed by atoms with van der Waals surface area (Å²) in [5, 5.41) is 33.2. The van der Waals surface area contributed by atoms with Crippen LogP contribution in [0, 0.1) is 24.6 Å². The number of aromatic hydroxyl groups is 1. The molecule has 0 bridgehead atoms. The maximum absolute atomic E-state index is 14.4. The number of phenolic OH excluding ortho intramolecular Hbond substituents is 1. The lowest BCUT2D eigenvalue weighted by Crippen LogP contribution is -2.48. The molecule has 10 rings (SSSR count). The largest absolute Gasteiger partial charge is 0.507 e. The zero-order chi connectivity index (χ0) is 54.1. The molecule has 77 heavy (non-hydrogen) atoms. The molecule has 4 atom stereocenters. The quantitative estimate of drug-likeness (QED) is 0.0601. The van der Waals surface area contributed by atoms with Crippen molar-refractivity contribution >= 4 is 58.2 Å². The predicted octanol–water partition coefficient (Wildman–Crippen LogP) is 7.08. The molecule has 4 fully saturated rings. The fraction of sp³-hybridized carbons (Fsp3) is 0.482. The average molecular weight is 1070 g/mol. The highest BCUT2D eigenvalue weighted by atomic mass is 32.1. The lowest BCUT2D eigenvalue weighted by molar-refractivity contribution is -0.141. The van der Waals surface area contributed by atoms with Gasteiger partial charge in [-0.25, -0.2) is 19.3 Å². The van der Waals surface area contributed by atoms with Crippen molar-refractivity contribution in [1.82, 2.24) is 45.0 Å². The summed E-state index contributed by atoms with van der Waals surface area (Å²) in [6.45, 7) is 14.1. The Bertz CT molecular complexity index is 3050. The molecule has 1 unspecified atom stereocenters. The number of amides is 2. The van der Waals surface area contributed by atoms with Crippen LogP contribution in [0.3, 0.4) is 0 Å². The van der Waals surface area contributed by atoms with Gasteiger partial charge >= 0.3 is 0 Å². The number of carbonyl (C=O) groups excluding carboxylic acids is 2. The second kappa shape index (κ2) is 22.9. The number of carbonyl (C=O) groups is 2. The minimum atomic E-state index is -0.812. The lowest BCUT2D eigenvalue weighted by atomic mass is 9.89. The van der Waals surface area contributed by atoms with Gasteiger partial charge in [0.1, 0.15) is 29.2 Å². The number of nitrogens with two attached hydrogens (primary N) is 3. The Morgan fingerprint density at radius 1 is 0.922 bits per heavy atom. The van der Waals surface area contributed by atoms with Crippen molar-refractivity contribution in [3.63, 3.8) is 0 Å². The number of nitrogens with zero attached hydrogens (tertiary/aromatic N) is 10. The topological polar surface area (TPSA) is 260 Å². The van der Waals surface area contributed by atoms with Crippen LogP contribution in [0.2, 0.25) is 0 Å². The van der Waals surface area contributed by atoms with Crippen molar-refractivity contribution in [2.75, 3.05) is 73.6 Å². The molecule has 4 saturated heterocycles. The number of nitrogen functional groups attached to an aromatic ring is 2. The number of hydrogen-bond acceptors (Lipinski definition) is 17. The summed E-state index contributed by atoms with van der Waals surface area (Å²) in [5.41, 5.74) is 25.9. The molecule has 4 aromatic heterocycles. The van der Waals surface area contributed by atoms with Gasteiger partial charge in [-0.2, -0.15) is 5.10 Å². The number of phenols is 1. The molecule has 0 radical (unpaired) electrons. The molecule has 4 aliphatic rings. The van der Waals surface area contributed by atoms with E-state index in [9.17, 15) is 24.2 Å². The standard InChI is InChI=1S/C56H71FN14O5S/c1-32(2)50(55(75)70-30-42(72)24-46(70)54(74)64-33(3)36-5-7-38(8-6-36)52-34(4)63-31-77-52)48-26-49(66-76-48)68-19-11-35(12-20-68)29-67-17-13-37(14-18-67)39-27-61-56(62-28-39)69-21-15-41(16-22-69)71-45(51(59)53(60)65-71)25-44(58)43-23-40(57)9-10-47(43)73/h5-10,23,25-28,31-33,35,37,41-42,46,50,72-73H,11-22,24,29-30,58-59H2,1-4H3,(H2,60,65)(H,64,74)/b44-25-/t33-,42+,46-,50?/m0/s1. The summed E-state index contributed by atoms with van der Waals surface area (Å²) in [4.78, 5) is 51.9. The molecule has 408 valence electrons. The van der Waals surface area contributed by atoms with Crippen LogP contribution in [-0.2, 0) is 9.59 Å². The van der Waals surface area contributed by atoms with Gasteiger partial charge in [0, 0.05) is 75.4 Å². The van der Waals surface area contributed by atoms with E-state index >= 15 is 0 Å². The molecule has 2 aromatic carbocycles. The fourth-order valence-corrected chi connectivity index (χ4v) is 12.5. The van der Waals surface area contributed by atoms with Gasteiger partial charge in [-0.1, -0.05) is 43.3 Å². The van der Waals surface area contributed by atoms with E-state index in [0.717, 1.165) is 105 Å². The summed E-state index contributed by atoms with van der Waals surface area (Å²) in [6.07, 6.45) is 10.5. The maximum Gasteiger partial charge on any atom is 0.243 e. The number of aryl methyl sites for hydroxylation is 1. The number of aliphatic hydroxyl groups excluding tert-OH is 1. The fourth-order valence-electron chi connectivity index (χ4n) is 11.7. The number of anilines is 4. The third-order valence-electron chi connectivity index (χ3n) is 16.2. The Labute approximate surface area is 452 Å². The van der Waals surface area contributed by atoms with E-state index in [1.807, 2.05) is 75.9 Å². The van der Waals surface area contributed by atoms with Gasteiger partial charge in [0.2, 0.25) is 17.8 Å². The molecule has 2 amide bonds. The van der Waals surface area contributed by atoms with E-state index in [1.54, 1.807) is 22.1 Å². The van der Waals surface area contributed by atoms with Crippen molar-refractivity contribution in [3.05, 3.63) is 106 Å². The smallest absolute Gasteiger partial charge is 0.243 e. The number of rotatable bonds is 15. The lowest BCUT2D eigenvalue weighted by Gasteiger charge is -2.37. The summed E-state index contributed by atoms with van der Waals surface area (Å²) < 4.78 is 21.7. The maximum atomic E-state index is 14.4. The number of thiazole rings is 1. The van der Waals surface area contributed by atoms with Gasteiger partial charge in [-0.05, 0) is 124 Å². The highest BCUT2D eigenvalue weighted by Crippen LogP contribution is 2.37. The Balaban J connectivity index is 0.671. The Morgan fingerprint density at radius 2 is 1.62 bits per heavy atom. The molecule has 4 aliphatic heterocycles. The van der Waals surface area contributed by atoms with Crippen molar-refractivity contribution in [2.24, 2.45) is 17.6 Å². The van der Waals surface area contributed by atoms with E-state index in [0.29, 0.717) is 42.3 Å². The first-order chi connectivity index (χ1) is 37.1. The van der Waals surface area contributed by atoms with Crippen molar-refractivity contribution < 1.29 is 28.7 Å². The molecule has 6 aromatic rings. The average Bonchev–Trinajstić information content (AvgIpc) is 4.27. The zero-order valence-electron chi connectivity index (χ0n) is 44.3. The molecule has 0 aliphatic carbocycles. The highest BCUT2D eigenvalue weighted by molar-refractivity contribution is 7.13. The number of halogens is 1. The summed E-state index contributed by atoms with van der Waals surface area (Å²) >= 11 is 1.59. The minimum absolute atomic E-state index is 0.0210. The van der Waals surface area contributed by atoms with Crippen molar-refractivity contribution in [1.29, 1.82) is 0 Å². The predicted molar refractivity (Wildman–Crippen MR) is 296 cm³/mol. The van der Waals surface area contributed by atoms with E-state index in [4.69, 9.17) is 31.7 Å². The molecule has 21 heteroatoms. The van der Waals surface area contributed by atoms with Crippen LogP contribution in [0.15, 0.2) is 71.0 Å². The summed E-state index contributed by atoms with van der Waals surface area (Å²) in [7, 11) is 0. The molecule has 8 heterocycles. The number of benzene rings is 2. The third kappa shape index (κ3) is 11.6. The van der Waals surface area contributed by atoms with Gasteiger partial charge in [0.15, 0.2) is 17.4 Å². The molecule has 9 N–H and O–H groups in total. The molecular formula is C56H71FN14O5S. The SMILES string of the molecule is Cc1ncsc1-c1ccc([C@H](C)NC(=O)[C@@H]2C[C@@H](O)CN2C(=O)C(c2cc(N3CCC(CN4CCC(c5cnc(N6CCC(n7nc(N)c(N)c7/C=C(\N)c7cc(F)ccc7O)CC6)nc5)CC4)CC3)no2)C(C)C)cc1. The van der Waals surface area contributed by atoms with Gasteiger partial charge in [0.05, 0.1) is 40.0 Å². The van der Waals surface area contributed by atoms with E-state index in [-0.39, 0.29) is 71.3 Å². The number of β-amino-alcohol motifs (C(OH)–C–C–N with tert-alkyl or cyclic N) is 1. The van der Waals surface area contributed by atoms with Crippen LogP contribution >= 0.6 is 11.3 Å². The number of nitrogens with one attached hydrogen (secondary N) is 1.